The van der Waals surface area contributed by atoms with E-state index in [-0.39, 0.29) is 11.7 Å². The molecule has 2 N–H and O–H groups in total. The fraction of sp³-hybridized carbons (Fsp3) is 0.267. The Labute approximate surface area is 221 Å². The monoisotopic (exact) mass is 513 g/mol. The van der Waals surface area contributed by atoms with Gasteiger partial charge in [-0.05, 0) is 54.3 Å². The van der Waals surface area contributed by atoms with E-state index in [1.54, 1.807) is 19.1 Å². The molecule has 2 heterocycles. The van der Waals surface area contributed by atoms with Crippen LogP contribution in [0.15, 0.2) is 60.7 Å². The third-order valence-corrected chi connectivity index (χ3v) is 6.84. The summed E-state index contributed by atoms with van der Waals surface area (Å²) in [7, 11) is 3.20. The van der Waals surface area contributed by atoms with Crippen LogP contribution in [0.1, 0.15) is 44.3 Å². The molecule has 0 bridgehead atoms. The third kappa shape index (κ3) is 4.59. The molecule has 0 radical (unpaired) electrons. The van der Waals surface area contributed by atoms with Gasteiger partial charge in [-0.3, -0.25) is 9.89 Å². The molecule has 196 valence electrons. The Morgan fingerprint density at radius 2 is 1.82 bits per heavy atom. The Hall–Kier alpha value is -4.30. The zero-order valence-corrected chi connectivity index (χ0v) is 21.9. The second-order valence-electron chi connectivity index (χ2n) is 9.42. The van der Waals surface area contributed by atoms with Crippen LogP contribution in [0.4, 0.5) is 0 Å². The van der Waals surface area contributed by atoms with E-state index < -0.39 is 6.04 Å². The number of phenols is 1. The molecular weight excluding hydrogens is 482 g/mol. The van der Waals surface area contributed by atoms with Crippen LogP contribution in [0.5, 0.6) is 17.2 Å². The molecule has 1 unspecified atom stereocenters. The number of aromatic nitrogens is 2. The second-order valence-corrected chi connectivity index (χ2v) is 9.42. The number of hydrogen-bond acceptors (Lipinski definition) is 6. The zero-order valence-electron chi connectivity index (χ0n) is 21.9. The number of carbonyl (C=O) groups excluding carboxylic acids is 1. The van der Waals surface area contributed by atoms with Gasteiger partial charge in [0.15, 0.2) is 11.5 Å². The SMILES string of the molecule is COCCN1C(=O)c2[nH]nc(-c3cc(C)cc(C)c3O)c2C1c1ccc(OCc2ccccc2)c(OC)c1. The van der Waals surface area contributed by atoms with E-state index in [0.29, 0.717) is 53.8 Å². The largest absolute Gasteiger partial charge is 0.507 e. The molecule has 0 saturated heterocycles. The molecule has 0 aliphatic carbocycles. The van der Waals surface area contributed by atoms with E-state index in [1.807, 2.05) is 74.5 Å². The minimum absolute atomic E-state index is 0.147. The molecule has 38 heavy (non-hydrogen) atoms. The van der Waals surface area contributed by atoms with Crippen LogP contribution in [-0.2, 0) is 11.3 Å². The van der Waals surface area contributed by atoms with Gasteiger partial charge in [-0.15, -0.1) is 0 Å². The lowest BCUT2D eigenvalue weighted by atomic mass is 9.94. The summed E-state index contributed by atoms with van der Waals surface area (Å²) in [5.41, 5.74) is 5.87. The van der Waals surface area contributed by atoms with E-state index in [2.05, 4.69) is 10.2 Å². The van der Waals surface area contributed by atoms with Crippen molar-refractivity contribution in [2.45, 2.75) is 26.5 Å². The van der Waals surface area contributed by atoms with E-state index in [1.165, 1.54) is 0 Å². The summed E-state index contributed by atoms with van der Waals surface area (Å²) in [6.07, 6.45) is 0. The summed E-state index contributed by atoms with van der Waals surface area (Å²) in [4.78, 5) is 15.3. The lowest BCUT2D eigenvalue weighted by molar-refractivity contribution is 0.0677. The van der Waals surface area contributed by atoms with Crippen LogP contribution in [0.3, 0.4) is 0 Å². The van der Waals surface area contributed by atoms with E-state index >= 15 is 0 Å². The maximum Gasteiger partial charge on any atom is 0.273 e. The summed E-state index contributed by atoms with van der Waals surface area (Å²) in [5, 5.41) is 18.3. The molecule has 0 fully saturated rings. The van der Waals surface area contributed by atoms with Crippen LogP contribution in [0.25, 0.3) is 11.3 Å². The number of ether oxygens (including phenoxy) is 3. The Kier molecular flexibility index (Phi) is 7.07. The zero-order chi connectivity index (χ0) is 26.8. The van der Waals surface area contributed by atoms with Gasteiger partial charge in [-0.2, -0.15) is 5.10 Å². The molecule has 8 heteroatoms. The first-order valence-corrected chi connectivity index (χ1v) is 12.5. The predicted octanol–water partition coefficient (Wildman–Crippen LogP) is 5.18. The molecule has 1 aromatic heterocycles. The van der Waals surface area contributed by atoms with Gasteiger partial charge >= 0.3 is 0 Å². The number of nitrogens with zero attached hydrogens (tertiary/aromatic N) is 2. The van der Waals surface area contributed by atoms with Gasteiger partial charge < -0.3 is 24.2 Å². The minimum Gasteiger partial charge on any atom is -0.507 e. The number of aromatic hydroxyl groups is 1. The van der Waals surface area contributed by atoms with Gasteiger partial charge in [0.25, 0.3) is 5.91 Å². The Morgan fingerprint density at radius 1 is 1.03 bits per heavy atom. The number of phenolic OH excluding ortho intramolecular Hbond substituents is 1. The van der Waals surface area contributed by atoms with Gasteiger partial charge in [0.1, 0.15) is 23.7 Å². The smallest absolute Gasteiger partial charge is 0.273 e. The standard InChI is InChI=1S/C30H31N3O5/c1-18-14-19(2)29(34)22(15-18)26-25-27(32-31-26)30(35)33(12-13-36-3)28(25)21-10-11-23(24(16-21)37-4)38-17-20-8-6-5-7-9-20/h5-11,14-16,28,34H,12-13,17H2,1-4H3,(H,31,32). The van der Waals surface area contributed by atoms with Crippen LogP contribution in [-0.4, -0.2) is 53.5 Å². The van der Waals surface area contributed by atoms with Crippen LogP contribution in [0.2, 0.25) is 0 Å². The number of nitrogens with one attached hydrogen (secondary N) is 1. The van der Waals surface area contributed by atoms with E-state index in [4.69, 9.17) is 14.2 Å². The lowest BCUT2D eigenvalue weighted by Gasteiger charge is -2.27. The first-order valence-electron chi connectivity index (χ1n) is 12.5. The Bertz CT molecular complexity index is 1460. The Morgan fingerprint density at radius 3 is 2.55 bits per heavy atom. The average molecular weight is 514 g/mol. The van der Waals surface area contributed by atoms with Gasteiger partial charge in [0.2, 0.25) is 0 Å². The average Bonchev–Trinajstić information content (AvgIpc) is 3.47. The summed E-state index contributed by atoms with van der Waals surface area (Å²) < 4.78 is 17.1. The third-order valence-electron chi connectivity index (χ3n) is 6.84. The fourth-order valence-corrected chi connectivity index (χ4v) is 5.02. The molecule has 3 aromatic carbocycles. The number of methoxy groups -OCH3 is 2. The molecule has 1 aliphatic heterocycles. The van der Waals surface area contributed by atoms with Crippen molar-refractivity contribution in [2.24, 2.45) is 0 Å². The highest BCUT2D eigenvalue weighted by molar-refractivity contribution is 6.00. The molecule has 1 aliphatic rings. The van der Waals surface area contributed by atoms with Crippen molar-refractivity contribution in [2.75, 3.05) is 27.4 Å². The summed E-state index contributed by atoms with van der Waals surface area (Å²) in [6.45, 7) is 4.98. The number of amides is 1. The molecule has 1 amide bonds. The number of aryl methyl sites for hydroxylation is 2. The maximum atomic E-state index is 13.5. The van der Waals surface area contributed by atoms with Crippen LogP contribution >= 0.6 is 0 Å². The highest BCUT2D eigenvalue weighted by Gasteiger charge is 2.42. The normalized spacial score (nSPS) is 14.6. The quantitative estimate of drug-likeness (QED) is 0.320. The topological polar surface area (TPSA) is 96.9 Å². The summed E-state index contributed by atoms with van der Waals surface area (Å²) in [6, 6.07) is 19.0. The summed E-state index contributed by atoms with van der Waals surface area (Å²) in [5.74, 6) is 1.14. The summed E-state index contributed by atoms with van der Waals surface area (Å²) >= 11 is 0. The minimum atomic E-state index is -0.460. The van der Waals surface area contributed by atoms with E-state index in [9.17, 15) is 9.90 Å². The molecular formula is C30H31N3O5. The number of benzene rings is 3. The predicted molar refractivity (Wildman–Crippen MR) is 144 cm³/mol. The van der Waals surface area contributed by atoms with Crippen molar-refractivity contribution < 1.29 is 24.1 Å². The molecule has 4 aromatic rings. The molecule has 5 rings (SSSR count). The van der Waals surface area contributed by atoms with Gasteiger partial charge in [0, 0.05) is 24.8 Å². The number of aromatic amines is 1. The number of H-pyrrole nitrogens is 1. The van der Waals surface area contributed by atoms with Crippen molar-refractivity contribution in [3.8, 4) is 28.5 Å². The lowest BCUT2D eigenvalue weighted by Crippen LogP contribution is -2.32. The van der Waals surface area contributed by atoms with Crippen molar-refractivity contribution in [1.29, 1.82) is 0 Å². The van der Waals surface area contributed by atoms with Gasteiger partial charge in [-0.25, -0.2) is 0 Å². The fourth-order valence-electron chi connectivity index (χ4n) is 5.02. The highest BCUT2D eigenvalue weighted by Crippen LogP contribution is 2.46. The number of carbonyl (C=O) groups is 1. The van der Waals surface area contributed by atoms with Crippen molar-refractivity contribution in [3.63, 3.8) is 0 Å². The van der Waals surface area contributed by atoms with E-state index in [0.717, 1.165) is 22.3 Å². The van der Waals surface area contributed by atoms with Crippen molar-refractivity contribution in [3.05, 3.63) is 94.2 Å². The maximum absolute atomic E-state index is 13.5. The van der Waals surface area contributed by atoms with Crippen molar-refractivity contribution in [1.82, 2.24) is 15.1 Å². The molecule has 0 spiro atoms. The van der Waals surface area contributed by atoms with Crippen LogP contribution in [0, 0.1) is 13.8 Å². The second kappa shape index (κ2) is 10.6. The molecule has 1 atom stereocenters. The van der Waals surface area contributed by atoms with Gasteiger partial charge in [0.05, 0.1) is 19.8 Å². The molecule has 0 saturated carbocycles. The first-order chi connectivity index (χ1) is 18.4. The van der Waals surface area contributed by atoms with Gasteiger partial charge in [-0.1, -0.05) is 42.5 Å². The van der Waals surface area contributed by atoms with Crippen LogP contribution < -0.4 is 9.47 Å². The molecule has 8 nitrogen and oxygen atoms in total. The first kappa shape index (κ1) is 25.4. The number of fused-ring (bicyclic) bond motifs is 1. The Balaban J connectivity index is 1.58. The highest BCUT2D eigenvalue weighted by atomic mass is 16.5. The van der Waals surface area contributed by atoms with Crippen molar-refractivity contribution >= 4 is 5.91 Å². The number of hydrogen-bond donors (Lipinski definition) is 2. The number of rotatable bonds is 9.